The molecule has 1 aliphatic rings. The number of hydrogen-bond acceptors (Lipinski definition) is 5. The van der Waals surface area contributed by atoms with Crippen molar-refractivity contribution in [2.45, 2.75) is 84.0 Å². The summed E-state index contributed by atoms with van der Waals surface area (Å²) in [6.45, 7) is 13.3. The first-order valence-corrected chi connectivity index (χ1v) is 14.2. The molecule has 0 radical (unpaired) electrons. The van der Waals surface area contributed by atoms with Gasteiger partial charge in [-0.15, -0.1) is 5.54 Å². The van der Waals surface area contributed by atoms with Gasteiger partial charge in [0.25, 0.3) is 0 Å². The average Bonchev–Trinajstić information content (AvgIpc) is 2.65. The van der Waals surface area contributed by atoms with Gasteiger partial charge >= 0.3 is 6.09 Å². The van der Waals surface area contributed by atoms with Crippen molar-refractivity contribution in [1.82, 2.24) is 10.3 Å². The molecule has 1 aromatic heterocycles. The molecule has 0 saturated carbocycles. The van der Waals surface area contributed by atoms with Crippen molar-refractivity contribution in [3.8, 4) is 11.5 Å². The van der Waals surface area contributed by atoms with Gasteiger partial charge in [0, 0.05) is 6.61 Å². The number of alkyl carbamates (subject to hydrolysis) is 1. The van der Waals surface area contributed by atoms with Crippen LogP contribution in [0.1, 0.15) is 63.9 Å². The maximum Gasteiger partial charge on any atom is 0.408 e. The maximum atomic E-state index is 12.4. The molecule has 2 atom stereocenters. The highest BCUT2D eigenvalue weighted by Gasteiger charge is 2.22. The van der Waals surface area contributed by atoms with Crippen LogP contribution in [0.15, 0.2) is 18.2 Å². The Morgan fingerprint density at radius 2 is 2.10 bits per heavy atom. The van der Waals surface area contributed by atoms with Crippen LogP contribution in [-0.4, -0.2) is 44.3 Å². The van der Waals surface area contributed by atoms with Gasteiger partial charge in [-0.2, -0.15) is 0 Å². The molecular weight excluding hydrogens is 396 g/mol. The number of ether oxygens (including phenoxy) is 3. The fraction of sp³-hybridized carbons (Fsp3) is 0.652. The number of aromatic nitrogens is 1. The lowest BCUT2D eigenvalue weighted by Crippen LogP contribution is -2.36. The first kappa shape index (κ1) is 24.4. The fourth-order valence-electron chi connectivity index (χ4n) is 2.87. The largest absolute Gasteiger partial charge is 0.444 e. The van der Waals surface area contributed by atoms with E-state index in [0.29, 0.717) is 18.7 Å². The van der Waals surface area contributed by atoms with E-state index >= 15 is 0 Å². The Balaban J connectivity index is 2.10. The van der Waals surface area contributed by atoms with Crippen LogP contribution >= 0.6 is 0 Å². The van der Waals surface area contributed by atoms with Crippen LogP contribution in [0.5, 0.6) is 0 Å². The summed E-state index contributed by atoms with van der Waals surface area (Å²) in [5, 5.41) is 2.94. The summed E-state index contributed by atoms with van der Waals surface area (Å²) in [4.78, 5) is 17.1. The summed E-state index contributed by atoms with van der Waals surface area (Å²) in [7, 11) is -1.50. The molecule has 0 bridgehead atoms. The number of amides is 1. The summed E-state index contributed by atoms with van der Waals surface area (Å²) >= 11 is 0. The van der Waals surface area contributed by atoms with Crippen LogP contribution in [0.2, 0.25) is 19.6 Å². The predicted octanol–water partition coefficient (Wildman–Crippen LogP) is 4.81. The number of hydrogen-bond donors (Lipinski definition) is 1. The molecule has 166 valence electrons. The molecule has 1 N–H and O–H groups in total. The van der Waals surface area contributed by atoms with Crippen LogP contribution in [0.3, 0.4) is 0 Å². The van der Waals surface area contributed by atoms with E-state index in [1.807, 2.05) is 39.0 Å². The van der Waals surface area contributed by atoms with Crippen molar-refractivity contribution >= 4 is 14.2 Å². The van der Waals surface area contributed by atoms with E-state index in [-0.39, 0.29) is 12.3 Å². The number of pyridine rings is 1. The molecular formula is C23H36N2O4Si. The van der Waals surface area contributed by atoms with Crippen molar-refractivity contribution in [3.05, 3.63) is 29.6 Å². The summed E-state index contributed by atoms with van der Waals surface area (Å²) in [5.41, 5.74) is 4.22. The Morgan fingerprint density at radius 3 is 2.73 bits per heavy atom. The number of carbonyl (C=O) groups excluding carboxylic acids is 1. The minimum Gasteiger partial charge on any atom is -0.444 e. The Labute approximate surface area is 182 Å². The molecule has 1 amide bonds. The zero-order valence-electron chi connectivity index (χ0n) is 19.2. The second kappa shape index (κ2) is 10.9. The van der Waals surface area contributed by atoms with Crippen LogP contribution in [0, 0.1) is 11.5 Å². The zero-order chi connectivity index (χ0) is 22.2. The van der Waals surface area contributed by atoms with E-state index in [0.717, 1.165) is 31.6 Å². The zero-order valence-corrected chi connectivity index (χ0v) is 20.2. The third kappa shape index (κ3) is 9.75. The molecule has 0 aromatic carbocycles. The number of carbonyl (C=O) groups is 1. The molecule has 1 aromatic rings. The third-order valence-electron chi connectivity index (χ3n) is 4.23. The van der Waals surface area contributed by atoms with Gasteiger partial charge in [-0.3, -0.25) is 0 Å². The number of nitrogens with zero attached hydrogens (tertiary/aromatic N) is 1. The van der Waals surface area contributed by atoms with Gasteiger partial charge in [0.1, 0.15) is 19.4 Å². The molecule has 1 fully saturated rings. The smallest absolute Gasteiger partial charge is 0.408 e. The maximum absolute atomic E-state index is 12.4. The molecule has 0 aliphatic carbocycles. The molecule has 1 aliphatic heterocycles. The van der Waals surface area contributed by atoms with Crippen molar-refractivity contribution < 1.29 is 19.0 Å². The van der Waals surface area contributed by atoms with Gasteiger partial charge in [-0.05, 0) is 58.6 Å². The Morgan fingerprint density at radius 1 is 1.33 bits per heavy atom. The van der Waals surface area contributed by atoms with E-state index < -0.39 is 19.8 Å². The summed E-state index contributed by atoms with van der Waals surface area (Å²) in [6.07, 6.45) is 3.03. The van der Waals surface area contributed by atoms with Crippen LogP contribution in [-0.2, 0) is 14.2 Å². The quantitative estimate of drug-likeness (QED) is 0.516. The van der Waals surface area contributed by atoms with Crippen LogP contribution < -0.4 is 5.32 Å². The van der Waals surface area contributed by atoms with E-state index in [2.05, 4.69) is 41.4 Å². The lowest BCUT2D eigenvalue weighted by Gasteiger charge is -2.25. The Kier molecular flexibility index (Phi) is 8.89. The number of nitrogens with one attached hydrogen (secondary N) is 1. The normalized spacial score (nSPS) is 18.1. The lowest BCUT2D eigenvalue weighted by molar-refractivity contribution is -0.163. The van der Waals surface area contributed by atoms with Crippen LogP contribution in [0.25, 0.3) is 0 Å². The summed E-state index contributed by atoms with van der Waals surface area (Å²) in [6, 6.07) is 5.38. The lowest BCUT2D eigenvalue weighted by atomic mass is 10.1. The first-order valence-electron chi connectivity index (χ1n) is 10.7. The van der Waals surface area contributed by atoms with E-state index in [9.17, 15) is 4.79 Å². The van der Waals surface area contributed by atoms with Gasteiger partial charge in [-0.1, -0.05) is 31.6 Å². The van der Waals surface area contributed by atoms with Crippen molar-refractivity contribution in [3.63, 3.8) is 0 Å². The van der Waals surface area contributed by atoms with Crippen molar-refractivity contribution in [2.75, 3.05) is 13.2 Å². The predicted molar refractivity (Wildman–Crippen MR) is 121 cm³/mol. The van der Waals surface area contributed by atoms with E-state index in [4.69, 9.17) is 14.2 Å². The topological polar surface area (TPSA) is 69.7 Å². The molecule has 2 heterocycles. The average molecular weight is 433 g/mol. The second-order valence-corrected chi connectivity index (χ2v) is 14.4. The van der Waals surface area contributed by atoms with Gasteiger partial charge in [-0.25, -0.2) is 9.78 Å². The standard InChI is InChI=1S/C23H36N2O4Si/c1-23(2,3)29-22(26)25-20(13-16-28-21-12-7-8-15-27-21)19-11-9-10-18(24-19)14-17-30(4,5)6/h9-11,20-21H,7-8,12-13,15-16H2,1-6H3,(H,25,26)/t20-,21?/m0/s1. The molecule has 1 unspecified atom stereocenters. The highest BCUT2D eigenvalue weighted by atomic mass is 28.3. The van der Waals surface area contributed by atoms with E-state index in [1.165, 1.54) is 0 Å². The SMILES string of the molecule is CC(C)(C)OC(=O)N[C@@H](CCOC1CCCCO1)c1cccc(C#C[Si](C)(C)C)n1. The van der Waals surface area contributed by atoms with Gasteiger partial charge < -0.3 is 19.5 Å². The summed E-state index contributed by atoms with van der Waals surface area (Å²) in [5.74, 6) is 3.18. The molecule has 7 heteroatoms. The fourth-order valence-corrected chi connectivity index (χ4v) is 3.37. The number of rotatable bonds is 6. The molecule has 2 rings (SSSR count). The molecule has 0 spiro atoms. The van der Waals surface area contributed by atoms with Crippen LogP contribution in [0.4, 0.5) is 4.79 Å². The minimum atomic E-state index is -1.50. The Bertz CT molecular complexity index is 753. The minimum absolute atomic E-state index is 0.164. The summed E-state index contributed by atoms with van der Waals surface area (Å²) < 4.78 is 16.9. The Hall–Kier alpha value is -1.88. The highest BCUT2D eigenvalue weighted by Crippen LogP contribution is 2.19. The van der Waals surface area contributed by atoms with Gasteiger partial charge in [0.05, 0.1) is 18.3 Å². The van der Waals surface area contributed by atoms with Crippen molar-refractivity contribution in [1.29, 1.82) is 0 Å². The molecule has 30 heavy (non-hydrogen) atoms. The van der Waals surface area contributed by atoms with E-state index in [1.54, 1.807) is 0 Å². The third-order valence-corrected chi connectivity index (χ3v) is 5.11. The van der Waals surface area contributed by atoms with Crippen molar-refractivity contribution in [2.24, 2.45) is 0 Å². The first-order chi connectivity index (χ1) is 14.0. The monoisotopic (exact) mass is 432 g/mol. The molecule has 1 saturated heterocycles. The molecule has 6 nitrogen and oxygen atoms in total. The second-order valence-electron chi connectivity index (χ2n) is 9.60. The highest BCUT2D eigenvalue weighted by molar-refractivity contribution is 6.83. The van der Waals surface area contributed by atoms with Gasteiger partial charge in [0.15, 0.2) is 6.29 Å². The van der Waals surface area contributed by atoms with Gasteiger partial charge in [0.2, 0.25) is 0 Å².